The summed E-state index contributed by atoms with van der Waals surface area (Å²) >= 11 is 3.44. The third-order valence-corrected chi connectivity index (χ3v) is 3.06. The lowest BCUT2D eigenvalue weighted by molar-refractivity contribution is -0.117. The first-order chi connectivity index (χ1) is 7.22. The summed E-state index contributed by atoms with van der Waals surface area (Å²) in [5.41, 5.74) is 2.30. The van der Waals surface area contributed by atoms with Crippen LogP contribution < -0.4 is 10.2 Å². The maximum Gasteiger partial charge on any atom is 0.240 e. The van der Waals surface area contributed by atoms with Crippen molar-refractivity contribution in [2.75, 3.05) is 25.0 Å². The number of rotatable bonds is 2. The van der Waals surface area contributed by atoms with E-state index in [1.807, 2.05) is 17.0 Å². The first kappa shape index (κ1) is 10.6. The van der Waals surface area contributed by atoms with Crippen LogP contribution in [0.1, 0.15) is 5.56 Å². The summed E-state index contributed by atoms with van der Waals surface area (Å²) in [5.74, 6) is 0.138. The lowest BCUT2D eigenvalue weighted by Gasteiger charge is -2.16. The largest absolute Gasteiger partial charge is 0.311 e. The van der Waals surface area contributed by atoms with Crippen molar-refractivity contribution in [2.45, 2.75) is 6.42 Å². The van der Waals surface area contributed by atoms with Gasteiger partial charge in [-0.3, -0.25) is 4.79 Å². The molecule has 15 heavy (non-hydrogen) atoms. The Labute approximate surface area is 97.6 Å². The highest BCUT2D eigenvalue weighted by Gasteiger charge is 2.23. The molecule has 0 aromatic heterocycles. The second-order valence-corrected chi connectivity index (χ2v) is 4.51. The van der Waals surface area contributed by atoms with E-state index in [-0.39, 0.29) is 5.91 Å². The van der Waals surface area contributed by atoms with Gasteiger partial charge in [0.05, 0.1) is 6.54 Å². The topological polar surface area (TPSA) is 32.3 Å². The summed E-state index contributed by atoms with van der Waals surface area (Å²) in [6.45, 7) is 1.20. The van der Waals surface area contributed by atoms with Crippen molar-refractivity contribution >= 4 is 27.5 Å². The van der Waals surface area contributed by atoms with E-state index in [4.69, 9.17) is 0 Å². The number of carbonyl (C=O) groups excluding carboxylic acids is 1. The monoisotopic (exact) mass is 268 g/mol. The van der Waals surface area contributed by atoms with Gasteiger partial charge in [0.15, 0.2) is 0 Å². The predicted octanol–water partition coefficient (Wildman–Crippen LogP) is 1.56. The summed E-state index contributed by atoms with van der Waals surface area (Å²) < 4.78 is 1.07. The molecular weight excluding hydrogens is 256 g/mol. The summed E-state index contributed by atoms with van der Waals surface area (Å²) in [7, 11) is 1.79. The van der Waals surface area contributed by atoms with Gasteiger partial charge in [-0.1, -0.05) is 15.9 Å². The summed E-state index contributed by atoms with van der Waals surface area (Å²) in [6.07, 6.45) is 0.949. The van der Waals surface area contributed by atoms with Crippen LogP contribution in [0.15, 0.2) is 22.7 Å². The number of hydrogen-bond donors (Lipinski definition) is 1. The highest BCUT2D eigenvalue weighted by atomic mass is 79.9. The normalized spacial score (nSPS) is 14.1. The van der Waals surface area contributed by atoms with Crippen LogP contribution in [0, 0.1) is 0 Å². The minimum Gasteiger partial charge on any atom is -0.311 e. The smallest absolute Gasteiger partial charge is 0.240 e. The Balaban J connectivity index is 2.25. The molecule has 4 heteroatoms. The molecule has 0 radical (unpaired) electrons. The average Bonchev–Trinajstić information content (AvgIpc) is 2.60. The van der Waals surface area contributed by atoms with E-state index in [9.17, 15) is 4.79 Å². The fourth-order valence-electron chi connectivity index (χ4n) is 1.88. The van der Waals surface area contributed by atoms with E-state index in [0.29, 0.717) is 6.54 Å². The number of anilines is 1. The fraction of sp³-hybridized carbons (Fsp3) is 0.364. The quantitative estimate of drug-likeness (QED) is 0.883. The summed E-state index contributed by atoms with van der Waals surface area (Å²) in [6, 6.07) is 6.06. The molecular formula is C11H13BrN2O. The second-order valence-electron chi connectivity index (χ2n) is 3.60. The van der Waals surface area contributed by atoms with Gasteiger partial charge in [-0.05, 0) is 37.2 Å². The van der Waals surface area contributed by atoms with Crippen LogP contribution in [0.25, 0.3) is 0 Å². The van der Waals surface area contributed by atoms with Crippen LogP contribution >= 0.6 is 15.9 Å². The molecule has 0 aliphatic carbocycles. The Hall–Kier alpha value is -0.870. The van der Waals surface area contributed by atoms with E-state index in [2.05, 4.69) is 27.3 Å². The molecule has 0 unspecified atom stereocenters. The molecule has 80 valence electrons. The maximum atomic E-state index is 11.7. The van der Waals surface area contributed by atoms with Crippen molar-refractivity contribution in [3.05, 3.63) is 28.2 Å². The molecule has 0 bridgehead atoms. The first-order valence-electron chi connectivity index (χ1n) is 4.96. The van der Waals surface area contributed by atoms with Crippen LogP contribution in [0.5, 0.6) is 0 Å². The zero-order valence-electron chi connectivity index (χ0n) is 8.59. The molecule has 1 aliphatic heterocycles. The summed E-state index contributed by atoms with van der Waals surface area (Å²) in [5, 5.41) is 2.89. The molecule has 1 N–H and O–H groups in total. The van der Waals surface area contributed by atoms with Gasteiger partial charge in [0.25, 0.3) is 0 Å². The highest BCUT2D eigenvalue weighted by Crippen LogP contribution is 2.30. The lowest BCUT2D eigenvalue weighted by atomic mass is 10.2. The molecule has 0 saturated heterocycles. The van der Waals surface area contributed by atoms with Crippen LogP contribution in [-0.2, 0) is 11.2 Å². The molecule has 1 aromatic rings. The van der Waals surface area contributed by atoms with Crippen LogP contribution in [0.3, 0.4) is 0 Å². The Bertz CT molecular complexity index is 392. The van der Waals surface area contributed by atoms with Gasteiger partial charge in [0.1, 0.15) is 0 Å². The molecule has 1 amide bonds. The van der Waals surface area contributed by atoms with Gasteiger partial charge >= 0.3 is 0 Å². The van der Waals surface area contributed by atoms with Crippen LogP contribution in [0.2, 0.25) is 0 Å². The SMILES string of the molecule is CNCC(=O)N1CCc2cc(Br)ccc21. The molecule has 1 aromatic carbocycles. The Morgan fingerprint density at radius 2 is 2.40 bits per heavy atom. The van der Waals surface area contributed by atoms with Gasteiger partial charge < -0.3 is 10.2 Å². The minimum atomic E-state index is 0.138. The van der Waals surface area contributed by atoms with Crippen LogP contribution in [0.4, 0.5) is 5.69 Å². The third-order valence-electron chi connectivity index (χ3n) is 2.57. The van der Waals surface area contributed by atoms with E-state index in [1.165, 1.54) is 5.56 Å². The molecule has 1 heterocycles. The standard InChI is InChI=1S/C11H13BrN2O/c1-13-7-11(15)14-5-4-8-6-9(12)2-3-10(8)14/h2-3,6,13H,4-5,7H2,1H3. The molecule has 0 fully saturated rings. The van der Waals surface area contributed by atoms with Gasteiger partial charge in [0.2, 0.25) is 5.91 Å². The zero-order chi connectivity index (χ0) is 10.8. The number of amides is 1. The average molecular weight is 269 g/mol. The number of nitrogens with zero attached hydrogens (tertiary/aromatic N) is 1. The molecule has 3 nitrogen and oxygen atoms in total. The zero-order valence-corrected chi connectivity index (χ0v) is 10.2. The minimum absolute atomic E-state index is 0.138. The van der Waals surface area contributed by atoms with Crippen molar-refractivity contribution < 1.29 is 4.79 Å². The van der Waals surface area contributed by atoms with E-state index in [0.717, 1.165) is 23.1 Å². The van der Waals surface area contributed by atoms with Crippen molar-refractivity contribution in [3.63, 3.8) is 0 Å². The molecule has 0 spiro atoms. The summed E-state index contributed by atoms with van der Waals surface area (Å²) in [4.78, 5) is 13.6. The number of hydrogen-bond acceptors (Lipinski definition) is 2. The molecule has 0 saturated carbocycles. The van der Waals surface area contributed by atoms with Gasteiger partial charge in [-0.15, -0.1) is 0 Å². The van der Waals surface area contributed by atoms with Gasteiger partial charge in [-0.2, -0.15) is 0 Å². The fourth-order valence-corrected chi connectivity index (χ4v) is 2.28. The number of fused-ring (bicyclic) bond motifs is 1. The highest BCUT2D eigenvalue weighted by molar-refractivity contribution is 9.10. The number of likely N-dealkylation sites (N-methyl/N-ethyl adjacent to an activating group) is 1. The first-order valence-corrected chi connectivity index (χ1v) is 5.75. The number of halogens is 1. The lowest BCUT2D eigenvalue weighted by Crippen LogP contribution is -2.35. The van der Waals surface area contributed by atoms with Crippen LogP contribution in [-0.4, -0.2) is 26.0 Å². The number of nitrogens with one attached hydrogen (secondary N) is 1. The van der Waals surface area contributed by atoms with Crippen molar-refractivity contribution in [1.29, 1.82) is 0 Å². The number of carbonyl (C=O) groups is 1. The predicted molar refractivity (Wildman–Crippen MR) is 64.1 cm³/mol. The Morgan fingerprint density at radius 3 is 3.13 bits per heavy atom. The van der Waals surface area contributed by atoms with Gasteiger partial charge in [-0.25, -0.2) is 0 Å². The van der Waals surface area contributed by atoms with Crippen molar-refractivity contribution in [2.24, 2.45) is 0 Å². The third kappa shape index (κ3) is 2.06. The molecule has 0 atom stereocenters. The van der Waals surface area contributed by atoms with Gasteiger partial charge in [0, 0.05) is 16.7 Å². The second kappa shape index (κ2) is 4.33. The molecule has 2 rings (SSSR count). The Morgan fingerprint density at radius 1 is 1.60 bits per heavy atom. The Kier molecular flexibility index (Phi) is 3.07. The van der Waals surface area contributed by atoms with Crippen molar-refractivity contribution in [1.82, 2.24) is 5.32 Å². The van der Waals surface area contributed by atoms with E-state index < -0.39 is 0 Å². The van der Waals surface area contributed by atoms with Crippen molar-refractivity contribution in [3.8, 4) is 0 Å². The van der Waals surface area contributed by atoms with E-state index in [1.54, 1.807) is 7.05 Å². The van der Waals surface area contributed by atoms with E-state index >= 15 is 0 Å². The number of benzene rings is 1. The maximum absolute atomic E-state index is 11.7. The molecule has 1 aliphatic rings.